The second-order valence-corrected chi connectivity index (χ2v) is 8.85. The van der Waals surface area contributed by atoms with Crippen LogP contribution in [0.4, 0.5) is 5.95 Å². The number of nitrogens with zero attached hydrogens (tertiary/aromatic N) is 3. The Labute approximate surface area is 214 Å². The Kier molecular flexibility index (Phi) is 7.54. The summed E-state index contributed by atoms with van der Waals surface area (Å²) in [6.45, 7) is 4.03. The van der Waals surface area contributed by atoms with E-state index in [1.807, 2.05) is 61.0 Å². The molecular formula is C27H24Cl2N4O2. The third kappa shape index (κ3) is 5.73. The van der Waals surface area contributed by atoms with Gasteiger partial charge in [-0.3, -0.25) is 19.5 Å². The van der Waals surface area contributed by atoms with E-state index in [1.165, 1.54) is 4.90 Å². The Morgan fingerprint density at radius 2 is 1.66 bits per heavy atom. The van der Waals surface area contributed by atoms with Gasteiger partial charge in [0.2, 0.25) is 11.9 Å². The molecule has 0 saturated carbocycles. The van der Waals surface area contributed by atoms with Crippen LogP contribution >= 0.6 is 23.2 Å². The fraction of sp³-hybridized carbons (Fsp3) is 0.148. The van der Waals surface area contributed by atoms with Crippen molar-refractivity contribution in [1.82, 2.24) is 14.5 Å². The van der Waals surface area contributed by atoms with E-state index in [1.54, 1.807) is 36.4 Å². The van der Waals surface area contributed by atoms with Crippen LogP contribution in [0.1, 0.15) is 22.8 Å². The molecule has 0 radical (unpaired) electrons. The molecule has 35 heavy (non-hydrogen) atoms. The van der Waals surface area contributed by atoms with E-state index in [9.17, 15) is 9.59 Å². The third-order valence-electron chi connectivity index (χ3n) is 5.52. The maximum absolute atomic E-state index is 13.0. The van der Waals surface area contributed by atoms with Crippen LogP contribution in [0.2, 0.25) is 10.0 Å². The summed E-state index contributed by atoms with van der Waals surface area (Å²) in [5.41, 5.74) is 3.86. The molecule has 0 aliphatic heterocycles. The lowest BCUT2D eigenvalue weighted by atomic mass is 10.2. The van der Waals surface area contributed by atoms with Crippen molar-refractivity contribution in [2.45, 2.75) is 13.8 Å². The molecule has 3 aromatic carbocycles. The molecule has 4 rings (SSSR count). The first-order valence-corrected chi connectivity index (χ1v) is 11.9. The summed E-state index contributed by atoms with van der Waals surface area (Å²) >= 11 is 12.2. The lowest BCUT2D eigenvalue weighted by Gasteiger charge is -2.21. The van der Waals surface area contributed by atoms with Gasteiger partial charge in [-0.25, -0.2) is 4.98 Å². The second kappa shape index (κ2) is 10.8. The molecule has 0 atom stereocenters. The number of amides is 2. The molecule has 0 aliphatic carbocycles. The number of carbonyl (C=O) groups excluding carboxylic acids is 2. The number of aromatic nitrogens is 2. The van der Waals surface area contributed by atoms with Crippen molar-refractivity contribution in [3.05, 3.63) is 100 Å². The van der Waals surface area contributed by atoms with Gasteiger partial charge < -0.3 is 4.90 Å². The topological polar surface area (TPSA) is 67.2 Å². The van der Waals surface area contributed by atoms with E-state index in [-0.39, 0.29) is 18.4 Å². The van der Waals surface area contributed by atoms with Gasteiger partial charge in [-0.2, -0.15) is 0 Å². The number of aryl methyl sites for hydroxylation is 1. The maximum Gasteiger partial charge on any atom is 0.255 e. The zero-order valence-electron chi connectivity index (χ0n) is 19.3. The van der Waals surface area contributed by atoms with Gasteiger partial charge in [0.1, 0.15) is 6.54 Å². The number of halogens is 2. The molecular weight excluding hydrogens is 483 g/mol. The van der Waals surface area contributed by atoms with Gasteiger partial charge in [0, 0.05) is 29.0 Å². The van der Waals surface area contributed by atoms with E-state index >= 15 is 0 Å². The highest BCUT2D eigenvalue weighted by molar-refractivity contribution is 6.33. The fourth-order valence-corrected chi connectivity index (χ4v) is 3.94. The van der Waals surface area contributed by atoms with Crippen molar-refractivity contribution in [2.75, 3.05) is 18.4 Å². The first kappa shape index (κ1) is 24.5. The SMILES string of the molecule is CCN(CC(=O)Nc1nc(-c2ccc(Cl)cc2)cn1-c1ccc(C)cc1)C(=O)c1ccccc1Cl. The summed E-state index contributed by atoms with van der Waals surface area (Å²) in [4.78, 5) is 32.1. The zero-order chi connectivity index (χ0) is 24.9. The molecule has 1 heterocycles. The molecule has 0 unspecified atom stereocenters. The number of likely N-dealkylation sites (N-methyl/N-ethyl adjacent to an activating group) is 1. The summed E-state index contributed by atoms with van der Waals surface area (Å²) in [7, 11) is 0. The molecule has 0 saturated heterocycles. The van der Waals surface area contributed by atoms with Crippen molar-refractivity contribution in [2.24, 2.45) is 0 Å². The highest BCUT2D eigenvalue weighted by Crippen LogP contribution is 2.26. The van der Waals surface area contributed by atoms with E-state index in [2.05, 4.69) is 10.3 Å². The molecule has 8 heteroatoms. The number of benzene rings is 3. The van der Waals surface area contributed by atoms with E-state index in [0.717, 1.165) is 16.8 Å². The molecule has 6 nitrogen and oxygen atoms in total. The molecule has 0 aliphatic rings. The molecule has 2 amide bonds. The highest BCUT2D eigenvalue weighted by Gasteiger charge is 2.21. The maximum atomic E-state index is 13.0. The minimum atomic E-state index is -0.367. The van der Waals surface area contributed by atoms with Crippen LogP contribution in [0, 0.1) is 6.92 Å². The number of rotatable bonds is 7. The molecule has 0 spiro atoms. The predicted octanol–water partition coefficient (Wildman–Crippen LogP) is 6.26. The Bertz CT molecular complexity index is 1350. The van der Waals surface area contributed by atoms with E-state index in [0.29, 0.717) is 33.8 Å². The van der Waals surface area contributed by atoms with Gasteiger partial charge in [-0.05, 0) is 50.2 Å². The van der Waals surface area contributed by atoms with Crippen LogP contribution in [0.25, 0.3) is 16.9 Å². The predicted molar refractivity (Wildman–Crippen MR) is 140 cm³/mol. The van der Waals surface area contributed by atoms with Gasteiger partial charge in [-0.15, -0.1) is 0 Å². The van der Waals surface area contributed by atoms with Crippen LogP contribution in [-0.4, -0.2) is 39.4 Å². The lowest BCUT2D eigenvalue weighted by Crippen LogP contribution is -2.38. The van der Waals surface area contributed by atoms with Gasteiger partial charge in [0.15, 0.2) is 0 Å². The zero-order valence-corrected chi connectivity index (χ0v) is 20.8. The Morgan fingerprint density at radius 1 is 0.971 bits per heavy atom. The van der Waals surface area contributed by atoms with Crippen molar-refractivity contribution in [3.8, 4) is 16.9 Å². The summed E-state index contributed by atoms with van der Waals surface area (Å²) in [6.07, 6.45) is 1.86. The Morgan fingerprint density at radius 3 is 2.31 bits per heavy atom. The number of nitrogens with one attached hydrogen (secondary N) is 1. The average molecular weight is 507 g/mol. The van der Waals surface area contributed by atoms with Crippen LogP contribution in [-0.2, 0) is 4.79 Å². The Hall–Kier alpha value is -3.61. The molecule has 0 fully saturated rings. The minimum Gasteiger partial charge on any atom is -0.330 e. The number of hydrogen-bond donors (Lipinski definition) is 1. The van der Waals surface area contributed by atoms with Gasteiger partial charge in [0.05, 0.1) is 16.3 Å². The van der Waals surface area contributed by atoms with Crippen molar-refractivity contribution in [3.63, 3.8) is 0 Å². The smallest absolute Gasteiger partial charge is 0.255 e. The van der Waals surface area contributed by atoms with Crippen molar-refractivity contribution in [1.29, 1.82) is 0 Å². The van der Waals surface area contributed by atoms with Crippen molar-refractivity contribution < 1.29 is 9.59 Å². The van der Waals surface area contributed by atoms with Gasteiger partial charge in [-0.1, -0.05) is 65.2 Å². The van der Waals surface area contributed by atoms with E-state index < -0.39 is 0 Å². The monoisotopic (exact) mass is 506 g/mol. The van der Waals surface area contributed by atoms with Crippen LogP contribution in [0.15, 0.2) is 79.0 Å². The summed E-state index contributed by atoms with van der Waals surface area (Å²) in [6, 6.07) is 22.0. The van der Waals surface area contributed by atoms with Crippen LogP contribution < -0.4 is 5.32 Å². The largest absolute Gasteiger partial charge is 0.330 e. The number of carbonyl (C=O) groups is 2. The average Bonchev–Trinajstić information content (AvgIpc) is 3.26. The first-order chi connectivity index (χ1) is 16.9. The summed E-state index contributed by atoms with van der Waals surface area (Å²) in [5, 5.41) is 3.84. The fourth-order valence-electron chi connectivity index (χ4n) is 3.60. The Balaban J connectivity index is 1.60. The minimum absolute atomic E-state index is 0.141. The number of hydrogen-bond acceptors (Lipinski definition) is 3. The number of anilines is 1. The highest BCUT2D eigenvalue weighted by atomic mass is 35.5. The molecule has 1 N–H and O–H groups in total. The van der Waals surface area contributed by atoms with Gasteiger partial charge >= 0.3 is 0 Å². The van der Waals surface area contributed by atoms with Crippen LogP contribution in [0.3, 0.4) is 0 Å². The molecule has 4 aromatic rings. The number of imidazole rings is 1. The molecule has 1 aromatic heterocycles. The van der Waals surface area contributed by atoms with E-state index in [4.69, 9.17) is 23.2 Å². The third-order valence-corrected chi connectivity index (χ3v) is 6.10. The quantitative estimate of drug-likeness (QED) is 0.321. The normalized spacial score (nSPS) is 10.7. The second-order valence-electron chi connectivity index (χ2n) is 8.01. The summed E-state index contributed by atoms with van der Waals surface area (Å²) < 4.78 is 1.81. The van der Waals surface area contributed by atoms with Gasteiger partial charge in [0.25, 0.3) is 5.91 Å². The lowest BCUT2D eigenvalue weighted by molar-refractivity contribution is -0.116. The molecule has 0 bridgehead atoms. The van der Waals surface area contributed by atoms with Crippen molar-refractivity contribution >= 4 is 41.0 Å². The first-order valence-electron chi connectivity index (χ1n) is 11.1. The standard InChI is InChI=1S/C27H24Cl2N4O2/c1-3-32(26(35)22-6-4-5-7-23(22)29)17-25(34)31-27-30-24(19-10-12-20(28)13-11-19)16-33(27)21-14-8-18(2)9-15-21/h4-16H,3,17H2,1-2H3,(H,30,31,34). The van der Waals surface area contributed by atoms with Crippen LogP contribution in [0.5, 0.6) is 0 Å². The summed E-state index contributed by atoms with van der Waals surface area (Å²) in [5.74, 6) is -0.323. The molecule has 178 valence electrons.